The molecule has 32 heavy (non-hydrogen) atoms. The summed E-state index contributed by atoms with van der Waals surface area (Å²) in [6.45, 7) is 0.234. The molecule has 0 aliphatic rings. The topological polar surface area (TPSA) is 206 Å². The molecule has 0 bridgehead atoms. The fraction of sp³-hybridized carbons (Fsp3) is 0.333. The number of guanidine groups is 1. The number of aliphatic hydroxyl groups is 1. The number of carbonyl (C=O) groups is 3. The first-order chi connectivity index (χ1) is 15.2. The number of benzene rings is 2. The Morgan fingerprint density at radius 2 is 1.69 bits per heavy atom. The number of nitrogens with two attached hydrogens (primary N) is 3. The summed E-state index contributed by atoms with van der Waals surface area (Å²) in [7, 11) is 0. The second-order valence-corrected chi connectivity index (χ2v) is 7.33. The third-order valence-corrected chi connectivity index (χ3v) is 4.97. The molecule has 0 heterocycles. The summed E-state index contributed by atoms with van der Waals surface area (Å²) in [5.74, 6) is -4.08. The van der Waals surface area contributed by atoms with E-state index in [9.17, 15) is 19.5 Å². The normalized spacial score (nSPS) is 13.6. The van der Waals surface area contributed by atoms with E-state index >= 15 is 0 Å². The van der Waals surface area contributed by atoms with E-state index in [-0.39, 0.29) is 25.3 Å². The number of primary amides is 1. The molecule has 2 aromatic rings. The van der Waals surface area contributed by atoms with Gasteiger partial charge >= 0.3 is 0 Å². The monoisotopic (exact) mass is 444 g/mol. The van der Waals surface area contributed by atoms with E-state index in [1.165, 1.54) is 5.48 Å². The number of aliphatic imine (C=N–C) groups is 1. The fourth-order valence-electron chi connectivity index (χ4n) is 3.28. The van der Waals surface area contributed by atoms with Crippen LogP contribution in [0, 0.1) is 5.92 Å². The van der Waals surface area contributed by atoms with Crippen molar-refractivity contribution in [1.29, 1.82) is 0 Å². The lowest BCUT2D eigenvalue weighted by molar-refractivity contribution is -0.146. The number of rotatable bonds is 11. The Bertz CT molecular complexity index is 992. The van der Waals surface area contributed by atoms with Gasteiger partial charge in [0.15, 0.2) is 5.96 Å². The van der Waals surface area contributed by atoms with Gasteiger partial charge in [-0.1, -0.05) is 42.5 Å². The summed E-state index contributed by atoms with van der Waals surface area (Å²) in [5, 5.41) is 23.6. The minimum atomic E-state index is -1.86. The van der Waals surface area contributed by atoms with E-state index in [0.717, 1.165) is 10.8 Å². The number of hydroxylamine groups is 1. The van der Waals surface area contributed by atoms with E-state index in [0.29, 0.717) is 12.0 Å². The van der Waals surface area contributed by atoms with E-state index in [4.69, 9.17) is 22.4 Å². The van der Waals surface area contributed by atoms with Gasteiger partial charge in [0.05, 0.1) is 5.92 Å². The van der Waals surface area contributed by atoms with Crippen LogP contribution in [0.1, 0.15) is 18.4 Å². The average Bonchev–Trinajstić information content (AvgIpc) is 2.77. The van der Waals surface area contributed by atoms with Gasteiger partial charge in [0, 0.05) is 6.54 Å². The Balaban J connectivity index is 2.19. The molecule has 0 fully saturated rings. The molecule has 0 saturated heterocycles. The molecule has 2 rings (SSSR count). The lowest BCUT2D eigenvalue weighted by Crippen LogP contribution is -2.51. The summed E-state index contributed by atoms with van der Waals surface area (Å²) >= 11 is 0. The molecule has 172 valence electrons. The van der Waals surface area contributed by atoms with Gasteiger partial charge in [-0.15, -0.1) is 0 Å². The van der Waals surface area contributed by atoms with E-state index < -0.39 is 35.8 Å². The van der Waals surface area contributed by atoms with Crippen LogP contribution >= 0.6 is 0 Å². The van der Waals surface area contributed by atoms with Gasteiger partial charge < -0.3 is 27.6 Å². The molecule has 0 aromatic heterocycles. The van der Waals surface area contributed by atoms with Crippen LogP contribution in [0.25, 0.3) is 10.8 Å². The second kappa shape index (κ2) is 11.6. The predicted molar refractivity (Wildman–Crippen MR) is 118 cm³/mol. The maximum absolute atomic E-state index is 12.9. The summed E-state index contributed by atoms with van der Waals surface area (Å²) in [6.07, 6.45) is -1.37. The van der Waals surface area contributed by atoms with Crippen LogP contribution in [0.5, 0.6) is 0 Å². The third kappa shape index (κ3) is 6.93. The van der Waals surface area contributed by atoms with E-state index in [1.807, 2.05) is 36.4 Å². The number of hydrogen-bond acceptors (Lipinski definition) is 6. The maximum Gasteiger partial charge on any atom is 0.272 e. The summed E-state index contributed by atoms with van der Waals surface area (Å²) in [4.78, 5) is 40.3. The van der Waals surface area contributed by atoms with Gasteiger partial charge in [0.2, 0.25) is 11.8 Å². The largest absolute Gasteiger partial charge is 0.382 e. The summed E-state index contributed by atoms with van der Waals surface area (Å²) in [6, 6.07) is 12.0. The lowest BCUT2D eigenvalue weighted by Gasteiger charge is -2.24. The molecule has 3 atom stereocenters. The second-order valence-electron chi connectivity index (χ2n) is 7.33. The van der Waals surface area contributed by atoms with Gasteiger partial charge in [-0.3, -0.25) is 24.6 Å². The van der Waals surface area contributed by atoms with Gasteiger partial charge in [-0.25, -0.2) is 5.48 Å². The first-order valence-corrected chi connectivity index (χ1v) is 9.97. The predicted octanol–water partition coefficient (Wildman–Crippen LogP) is -1.11. The van der Waals surface area contributed by atoms with Crippen molar-refractivity contribution in [2.75, 3.05) is 6.54 Å². The Morgan fingerprint density at radius 1 is 1.00 bits per heavy atom. The van der Waals surface area contributed by atoms with Crippen molar-refractivity contribution < 1.29 is 24.7 Å². The van der Waals surface area contributed by atoms with Crippen molar-refractivity contribution in [3.8, 4) is 0 Å². The standard InChI is InChI=1S/C21H28N6O5/c22-18(29)16(6-3-9-25-21(23)24)26-19(30)15(17(28)20(31)27-32)11-12-7-8-13-4-1-2-5-14(13)10-12/h1-2,4-5,7-8,10,15-17,28,32H,3,6,9,11H2,(H2,22,29)(H,26,30)(H,27,31)(H4,23,24,25)/t15-,16+,17+/m1/s1. The van der Waals surface area contributed by atoms with Gasteiger partial charge in [0.1, 0.15) is 12.1 Å². The molecule has 0 saturated carbocycles. The molecular formula is C21H28N6O5. The number of nitrogens with zero attached hydrogens (tertiary/aromatic N) is 1. The highest BCUT2D eigenvalue weighted by Crippen LogP contribution is 2.20. The minimum absolute atomic E-state index is 0.0231. The van der Waals surface area contributed by atoms with E-state index in [1.54, 1.807) is 6.07 Å². The molecule has 11 heteroatoms. The van der Waals surface area contributed by atoms with Crippen LogP contribution in [0.15, 0.2) is 47.5 Å². The number of amides is 3. The zero-order valence-electron chi connectivity index (χ0n) is 17.4. The molecule has 2 aromatic carbocycles. The third-order valence-electron chi connectivity index (χ3n) is 4.97. The molecule has 10 N–H and O–H groups in total. The minimum Gasteiger partial charge on any atom is -0.382 e. The van der Waals surface area contributed by atoms with Gasteiger partial charge in [-0.05, 0) is 35.6 Å². The number of carbonyl (C=O) groups excluding carboxylic acids is 3. The number of hydrogen-bond donors (Lipinski definition) is 7. The molecule has 11 nitrogen and oxygen atoms in total. The van der Waals surface area contributed by atoms with Crippen molar-refractivity contribution in [1.82, 2.24) is 10.8 Å². The van der Waals surface area contributed by atoms with Gasteiger partial charge in [-0.2, -0.15) is 0 Å². The maximum atomic E-state index is 12.9. The average molecular weight is 444 g/mol. The first kappa shape index (κ1) is 24.6. The molecule has 0 spiro atoms. The molecular weight excluding hydrogens is 416 g/mol. The van der Waals surface area contributed by atoms with E-state index in [2.05, 4.69) is 10.3 Å². The molecule has 0 unspecified atom stereocenters. The van der Waals surface area contributed by atoms with Crippen molar-refractivity contribution >= 4 is 34.5 Å². The van der Waals surface area contributed by atoms with Crippen molar-refractivity contribution in [2.24, 2.45) is 28.1 Å². The fourth-order valence-corrected chi connectivity index (χ4v) is 3.28. The van der Waals surface area contributed by atoms with Crippen LogP contribution in [-0.4, -0.2) is 52.7 Å². The van der Waals surface area contributed by atoms with Crippen LogP contribution < -0.4 is 28.0 Å². The van der Waals surface area contributed by atoms with Crippen LogP contribution in [0.2, 0.25) is 0 Å². The van der Waals surface area contributed by atoms with Crippen LogP contribution in [-0.2, 0) is 20.8 Å². The van der Waals surface area contributed by atoms with Crippen molar-refractivity contribution in [2.45, 2.75) is 31.4 Å². The van der Waals surface area contributed by atoms with Crippen LogP contribution in [0.3, 0.4) is 0 Å². The number of aliphatic hydroxyl groups excluding tert-OH is 1. The zero-order valence-corrected chi connectivity index (χ0v) is 17.4. The quantitative estimate of drug-likeness (QED) is 0.0746. The highest BCUT2D eigenvalue weighted by atomic mass is 16.5. The Labute approximate surface area is 184 Å². The highest BCUT2D eigenvalue weighted by molar-refractivity contribution is 5.92. The van der Waals surface area contributed by atoms with Gasteiger partial charge in [0.25, 0.3) is 5.91 Å². The molecule has 0 aliphatic carbocycles. The highest BCUT2D eigenvalue weighted by Gasteiger charge is 2.34. The lowest BCUT2D eigenvalue weighted by atomic mass is 9.91. The molecule has 0 radical (unpaired) electrons. The summed E-state index contributed by atoms with van der Waals surface area (Å²) in [5.41, 5.74) is 17.9. The Kier molecular flexibility index (Phi) is 8.93. The SMILES string of the molecule is NC(=O)[C@H](CCCN=C(N)N)NC(=O)[C@H](Cc1ccc2ccccc2c1)[C@H](O)C(=O)NO. The van der Waals surface area contributed by atoms with Crippen molar-refractivity contribution in [3.05, 3.63) is 48.0 Å². The number of fused-ring (bicyclic) bond motifs is 1. The zero-order chi connectivity index (χ0) is 23.7. The Morgan fingerprint density at radius 3 is 2.31 bits per heavy atom. The Hall–Kier alpha value is -3.70. The summed E-state index contributed by atoms with van der Waals surface area (Å²) < 4.78 is 0. The smallest absolute Gasteiger partial charge is 0.272 e. The first-order valence-electron chi connectivity index (χ1n) is 9.97. The molecule has 3 amide bonds. The molecule has 0 aliphatic heterocycles. The number of nitrogens with one attached hydrogen (secondary N) is 2. The van der Waals surface area contributed by atoms with Crippen LogP contribution in [0.4, 0.5) is 0 Å². The van der Waals surface area contributed by atoms with Crippen molar-refractivity contribution in [3.63, 3.8) is 0 Å².